The molecule has 1 aromatic carbocycles. The largest absolute Gasteiger partial charge is 0.385 e. The number of nitrogens with one attached hydrogen (secondary N) is 1. The Morgan fingerprint density at radius 1 is 1.40 bits per heavy atom. The van der Waals surface area contributed by atoms with Gasteiger partial charge in [0.05, 0.1) is 0 Å². The smallest absolute Gasteiger partial charge is 0.248 e. The van der Waals surface area contributed by atoms with Crippen molar-refractivity contribution in [3.63, 3.8) is 0 Å². The minimum absolute atomic E-state index is 0.408. The van der Waals surface area contributed by atoms with E-state index in [2.05, 4.69) is 11.2 Å². The summed E-state index contributed by atoms with van der Waals surface area (Å²) in [5.74, 6) is 2.17. The summed E-state index contributed by atoms with van der Waals surface area (Å²) in [4.78, 5) is 10.8. The first-order valence-corrected chi connectivity index (χ1v) is 4.81. The minimum atomic E-state index is -0.408. The van der Waals surface area contributed by atoms with Gasteiger partial charge in [-0.2, -0.15) is 0 Å². The number of anilines is 1. The van der Waals surface area contributed by atoms with Gasteiger partial charge in [0.2, 0.25) is 5.91 Å². The van der Waals surface area contributed by atoms with Crippen molar-refractivity contribution in [2.45, 2.75) is 12.8 Å². The van der Waals surface area contributed by atoms with Crippen LogP contribution in [0.4, 0.5) is 5.69 Å². The quantitative estimate of drug-likeness (QED) is 0.563. The second kappa shape index (κ2) is 5.71. The molecule has 0 atom stereocenters. The van der Waals surface area contributed by atoms with Gasteiger partial charge in [0.25, 0.3) is 0 Å². The number of rotatable bonds is 5. The first-order chi connectivity index (χ1) is 7.24. The van der Waals surface area contributed by atoms with Gasteiger partial charge < -0.3 is 11.1 Å². The highest BCUT2D eigenvalue weighted by Gasteiger charge is 1.98. The summed E-state index contributed by atoms with van der Waals surface area (Å²) in [6.45, 7) is 0.833. The summed E-state index contributed by atoms with van der Waals surface area (Å²) in [5, 5.41) is 3.20. The van der Waals surface area contributed by atoms with E-state index in [1.165, 1.54) is 0 Å². The summed E-state index contributed by atoms with van der Waals surface area (Å²) in [7, 11) is 0. The number of nitrogens with two attached hydrogens (primary N) is 1. The van der Waals surface area contributed by atoms with Crippen LogP contribution in [-0.2, 0) is 0 Å². The van der Waals surface area contributed by atoms with E-state index in [1.54, 1.807) is 12.1 Å². The molecule has 0 unspecified atom stereocenters. The average molecular weight is 202 g/mol. The molecule has 0 heterocycles. The molecule has 0 bridgehead atoms. The predicted molar refractivity (Wildman–Crippen MR) is 61.5 cm³/mol. The SMILES string of the molecule is C#CCCCNc1ccc(C(N)=O)cc1. The van der Waals surface area contributed by atoms with Crippen LogP contribution in [-0.4, -0.2) is 12.5 Å². The molecule has 3 heteroatoms. The van der Waals surface area contributed by atoms with Crippen molar-refractivity contribution >= 4 is 11.6 Å². The average Bonchev–Trinajstić information content (AvgIpc) is 2.25. The molecule has 0 saturated carbocycles. The predicted octanol–water partition coefficient (Wildman–Crippen LogP) is 1.61. The van der Waals surface area contributed by atoms with E-state index in [0.29, 0.717) is 5.56 Å². The van der Waals surface area contributed by atoms with Crippen molar-refractivity contribution in [2.75, 3.05) is 11.9 Å². The number of amides is 1. The third-order valence-electron chi connectivity index (χ3n) is 2.00. The summed E-state index contributed by atoms with van der Waals surface area (Å²) >= 11 is 0. The van der Waals surface area contributed by atoms with Crippen LogP contribution in [0, 0.1) is 12.3 Å². The van der Waals surface area contributed by atoms with Gasteiger partial charge >= 0.3 is 0 Å². The van der Waals surface area contributed by atoms with Crippen LogP contribution in [0.15, 0.2) is 24.3 Å². The number of terminal acetylenes is 1. The molecule has 0 aromatic heterocycles. The highest BCUT2D eigenvalue weighted by atomic mass is 16.1. The zero-order chi connectivity index (χ0) is 11.1. The van der Waals surface area contributed by atoms with Gasteiger partial charge in [0, 0.05) is 24.2 Å². The fourth-order valence-electron chi connectivity index (χ4n) is 1.18. The van der Waals surface area contributed by atoms with E-state index in [1.807, 2.05) is 12.1 Å². The zero-order valence-electron chi connectivity index (χ0n) is 8.49. The first kappa shape index (κ1) is 11.1. The van der Waals surface area contributed by atoms with Gasteiger partial charge in [-0.3, -0.25) is 4.79 Å². The fourth-order valence-corrected chi connectivity index (χ4v) is 1.18. The summed E-state index contributed by atoms with van der Waals surface area (Å²) in [6.07, 6.45) is 6.84. The van der Waals surface area contributed by atoms with Crippen LogP contribution >= 0.6 is 0 Å². The minimum Gasteiger partial charge on any atom is -0.385 e. The Balaban J connectivity index is 2.43. The van der Waals surface area contributed by atoms with Crippen molar-refractivity contribution in [3.05, 3.63) is 29.8 Å². The number of primary amides is 1. The van der Waals surface area contributed by atoms with Gasteiger partial charge in [0.15, 0.2) is 0 Å². The van der Waals surface area contributed by atoms with Crippen LogP contribution in [0.2, 0.25) is 0 Å². The maximum absolute atomic E-state index is 10.8. The number of carbonyl (C=O) groups excluding carboxylic acids is 1. The molecule has 3 nitrogen and oxygen atoms in total. The third-order valence-corrected chi connectivity index (χ3v) is 2.00. The maximum atomic E-state index is 10.8. The van der Waals surface area contributed by atoms with Crippen LogP contribution in [0.25, 0.3) is 0 Å². The highest BCUT2D eigenvalue weighted by Crippen LogP contribution is 2.09. The van der Waals surface area contributed by atoms with E-state index in [4.69, 9.17) is 12.2 Å². The Bertz CT molecular complexity index is 362. The molecule has 0 aliphatic rings. The molecule has 1 aromatic rings. The summed E-state index contributed by atoms with van der Waals surface area (Å²) in [5.41, 5.74) is 6.61. The van der Waals surface area contributed by atoms with Crippen LogP contribution in [0.1, 0.15) is 23.2 Å². The normalized spacial score (nSPS) is 9.27. The lowest BCUT2D eigenvalue weighted by molar-refractivity contribution is 0.100. The molecule has 0 saturated heterocycles. The Labute approximate surface area is 89.7 Å². The number of benzene rings is 1. The second-order valence-electron chi connectivity index (χ2n) is 3.18. The molecule has 1 rings (SSSR count). The Morgan fingerprint density at radius 2 is 2.07 bits per heavy atom. The fraction of sp³-hybridized carbons (Fsp3) is 0.250. The molecule has 78 valence electrons. The van der Waals surface area contributed by atoms with E-state index in [9.17, 15) is 4.79 Å². The molecule has 0 fully saturated rings. The summed E-state index contributed by atoms with van der Waals surface area (Å²) in [6, 6.07) is 7.06. The number of hydrogen-bond acceptors (Lipinski definition) is 2. The van der Waals surface area contributed by atoms with Crippen LogP contribution in [0.5, 0.6) is 0 Å². The Kier molecular flexibility index (Phi) is 4.24. The lowest BCUT2D eigenvalue weighted by atomic mass is 10.2. The molecule has 0 aliphatic heterocycles. The third kappa shape index (κ3) is 3.74. The molecule has 0 spiro atoms. The van der Waals surface area contributed by atoms with Crippen molar-refractivity contribution in [2.24, 2.45) is 5.73 Å². The van der Waals surface area contributed by atoms with E-state index < -0.39 is 5.91 Å². The summed E-state index contributed by atoms with van der Waals surface area (Å²) < 4.78 is 0. The van der Waals surface area contributed by atoms with Crippen molar-refractivity contribution in [1.82, 2.24) is 0 Å². The molecule has 0 radical (unpaired) electrons. The monoisotopic (exact) mass is 202 g/mol. The van der Waals surface area contributed by atoms with E-state index >= 15 is 0 Å². The Hall–Kier alpha value is -1.95. The first-order valence-electron chi connectivity index (χ1n) is 4.81. The number of hydrogen-bond donors (Lipinski definition) is 2. The topological polar surface area (TPSA) is 55.1 Å². The maximum Gasteiger partial charge on any atom is 0.248 e. The number of unbranched alkanes of at least 4 members (excludes halogenated alkanes) is 1. The lowest BCUT2D eigenvalue weighted by Gasteiger charge is -2.05. The van der Waals surface area contributed by atoms with Gasteiger partial charge in [-0.1, -0.05) is 0 Å². The van der Waals surface area contributed by atoms with Gasteiger partial charge in [-0.25, -0.2) is 0 Å². The Morgan fingerprint density at radius 3 is 2.60 bits per heavy atom. The zero-order valence-corrected chi connectivity index (χ0v) is 8.49. The second-order valence-corrected chi connectivity index (χ2v) is 3.18. The van der Waals surface area contributed by atoms with Gasteiger partial charge in [-0.15, -0.1) is 12.3 Å². The van der Waals surface area contributed by atoms with Crippen LogP contribution < -0.4 is 11.1 Å². The molecule has 3 N–H and O–H groups in total. The lowest BCUT2D eigenvalue weighted by Crippen LogP contribution is -2.10. The molecule has 15 heavy (non-hydrogen) atoms. The number of carbonyl (C=O) groups is 1. The molecular weight excluding hydrogens is 188 g/mol. The highest BCUT2D eigenvalue weighted by molar-refractivity contribution is 5.93. The van der Waals surface area contributed by atoms with Crippen molar-refractivity contribution < 1.29 is 4.79 Å². The van der Waals surface area contributed by atoms with Gasteiger partial charge in [0.1, 0.15) is 0 Å². The molecular formula is C12H14N2O. The standard InChI is InChI=1S/C12H14N2O/c1-2-3-4-9-14-11-7-5-10(6-8-11)12(13)15/h1,5-8,14H,3-4,9H2,(H2,13,15). The van der Waals surface area contributed by atoms with E-state index in [-0.39, 0.29) is 0 Å². The molecule has 1 amide bonds. The van der Waals surface area contributed by atoms with E-state index in [0.717, 1.165) is 25.1 Å². The van der Waals surface area contributed by atoms with Gasteiger partial charge in [-0.05, 0) is 30.7 Å². The van der Waals surface area contributed by atoms with Crippen molar-refractivity contribution in [3.8, 4) is 12.3 Å². The molecule has 0 aliphatic carbocycles. The van der Waals surface area contributed by atoms with Crippen LogP contribution in [0.3, 0.4) is 0 Å². The van der Waals surface area contributed by atoms with Crippen molar-refractivity contribution in [1.29, 1.82) is 0 Å².